The minimum atomic E-state index is -0.156. The molecule has 1 aliphatic carbocycles. The summed E-state index contributed by atoms with van der Waals surface area (Å²) in [4.78, 5) is 11.5. The van der Waals surface area contributed by atoms with E-state index in [-0.39, 0.29) is 12.5 Å². The molecule has 0 radical (unpaired) electrons. The molecule has 1 N–H and O–H groups in total. The molecule has 1 saturated carbocycles. The molecule has 0 atom stereocenters. The second-order valence-electron chi connectivity index (χ2n) is 4.17. The van der Waals surface area contributed by atoms with Crippen LogP contribution in [0.25, 0.3) is 0 Å². The van der Waals surface area contributed by atoms with Crippen LogP contribution in [0.15, 0.2) is 24.3 Å². The van der Waals surface area contributed by atoms with Gasteiger partial charge < -0.3 is 10.1 Å². The van der Waals surface area contributed by atoms with Crippen LogP contribution in [0.5, 0.6) is 5.75 Å². The van der Waals surface area contributed by atoms with Gasteiger partial charge in [-0.1, -0.05) is 5.92 Å². The van der Waals surface area contributed by atoms with E-state index in [0.29, 0.717) is 5.56 Å². The third-order valence-corrected chi connectivity index (χ3v) is 2.65. The lowest BCUT2D eigenvalue weighted by Gasteiger charge is -2.06. The second-order valence-corrected chi connectivity index (χ2v) is 4.17. The number of hydrogen-bond donors (Lipinski definition) is 1. The summed E-state index contributed by atoms with van der Waals surface area (Å²) in [6.07, 6.45) is 7.61. The number of amides is 1. The zero-order valence-corrected chi connectivity index (χ0v) is 9.61. The third-order valence-electron chi connectivity index (χ3n) is 2.65. The van der Waals surface area contributed by atoms with E-state index in [2.05, 4.69) is 11.2 Å². The molecule has 17 heavy (non-hydrogen) atoms. The lowest BCUT2D eigenvalue weighted by Crippen LogP contribution is -2.23. The van der Waals surface area contributed by atoms with Crippen molar-refractivity contribution in [2.24, 2.45) is 5.92 Å². The highest BCUT2D eigenvalue weighted by molar-refractivity contribution is 5.94. The van der Waals surface area contributed by atoms with E-state index < -0.39 is 0 Å². The molecule has 2 rings (SSSR count). The maximum absolute atomic E-state index is 11.5. The summed E-state index contributed by atoms with van der Waals surface area (Å²) in [5.74, 6) is 3.75. The average molecular weight is 229 g/mol. The SMILES string of the molecule is C#CCNC(=O)c1ccc(OCC2CC2)cc1. The van der Waals surface area contributed by atoms with E-state index in [1.807, 2.05) is 12.1 Å². The number of terminal acetylenes is 1. The summed E-state index contributed by atoms with van der Waals surface area (Å²) in [7, 11) is 0. The monoisotopic (exact) mass is 229 g/mol. The minimum Gasteiger partial charge on any atom is -0.493 e. The highest BCUT2D eigenvalue weighted by atomic mass is 16.5. The quantitative estimate of drug-likeness (QED) is 0.782. The van der Waals surface area contributed by atoms with Crippen LogP contribution in [0.2, 0.25) is 0 Å². The Hall–Kier alpha value is -1.95. The van der Waals surface area contributed by atoms with Crippen LogP contribution in [0.3, 0.4) is 0 Å². The Morgan fingerprint density at radius 3 is 2.71 bits per heavy atom. The van der Waals surface area contributed by atoms with E-state index in [0.717, 1.165) is 18.3 Å². The second kappa shape index (κ2) is 5.40. The van der Waals surface area contributed by atoms with Gasteiger partial charge in [-0.25, -0.2) is 0 Å². The molecule has 0 saturated heterocycles. The number of carbonyl (C=O) groups excluding carboxylic acids is 1. The van der Waals surface area contributed by atoms with Crippen molar-refractivity contribution >= 4 is 5.91 Å². The van der Waals surface area contributed by atoms with Gasteiger partial charge in [-0.2, -0.15) is 0 Å². The van der Waals surface area contributed by atoms with Gasteiger partial charge in [0, 0.05) is 5.56 Å². The molecule has 0 aliphatic heterocycles. The van der Waals surface area contributed by atoms with Crippen LogP contribution in [0.4, 0.5) is 0 Å². The van der Waals surface area contributed by atoms with Gasteiger partial charge in [-0.15, -0.1) is 6.42 Å². The van der Waals surface area contributed by atoms with E-state index >= 15 is 0 Å². The van der Waals surface area contributed by atoms with E-state index in [1.165, 1.54) is 12.8 Å². The molecule has 0 aromatic heterocycles. The smallest absolute Gasteiger partial charge is 0.252 e. The molecule has 1 aliphatic rings. The van der Waals surface area contributed by atoms with Gasteiger partial charge in [-0.3, -0.25) is 4.79 Å². The van der Waals surface area contributed by atoms with Gasteiger partial charge in [0.2, 0.25) is 0 Å². The fourth-order valence-electron chi connectivity index (χ4n) is 1.43. The van der Waals surface area contributed by atoms with Crippen molar-refractivity contribution in [2.45, 2.75) is 12.8 Å². The molecular formula is C14H15NO2. The van der Waals surface area contributed by atoms with Crippen LogP contribution in [-0.4, -0.2) is 19.1 Å². The first-order chi connectivity index (χ1) is 8.29. The fraction of sp³-hybridized carbons (Fsp3) is 0.357. The summed E-state index contributed by atoms with van der Waals surface area (Å²) in [5, 5.41) is 2.61. The maximum atomic E-state index is 11.5. The van der Waals surface area contributed by atoms with Gasteiger partial charge in [0.05, 0.1) is 13.2 Å². The van der Waals surface area contributed by atoms with Crippen molar-refractivity contribution in [2.75, 3.05) is 13.2 Å². The van der Waals surface area contributed by atoms with Crippen LogP contribution in [0, 0.1) is 18.3 Å². The normalized spacial score (nSPS) is 13.8. The Kier molecular flexibility index (Phi) is 3.66. The predicted octanol–water partition coefficient (Wildman–Crippen LogP) is 1.84. The van der Waals surface area contributed by atoms with Gasteiger partial charge in [0.15, 0.2) is 0 Å². The van der Waals surface area contributed by atoms with Crippen LogP contribution in [0.1, 0.15) is 23.2 Å². The number of rotatable bonds is 5. The minimum absolute atomic E-state index is 0.156. The lowest BCUT2D eigenvalue weighted by molar-refractivity contribution is 0.0958. The Balaban J connectivity index is 1.87. The number of hydrogen-bond acceptors (Lipinski definition) is 2. The summed E-state index contributed by atoms with van der Waals surface area (Å²) in [6, 6.07) is 7.11. The highest BCUT2D eigenvalue weighted by Crippen LogP contribution is 2.29. The van der Waals surface area contributed by atoms with Crippen LogP contribution in [-0.2, 0) is 0 Å². The zero-order valence-electron chi connectivity index (χ0n) is 9.61. The number of benzene rings is 1. The molecule has 1 aromatic rings. The predicted molar refractivity (Wildman–Crippen MR) is 65.8 cm³/mol. The third kappa shape index (κ3) is 3.53. The Labute approximate surface area is 101 Å². The molecule has 1 aromatic carbocycles. The van der Waals surface area contributed by atoms with Crippen molar-refractivity contribution in [3.63, 3.8) is 0 Å². The molecule has 1 amide bonds. The number of ether oxygens (including phenoxy) is 1. The largest absolute Gasteiger partial charge is 0.493 e. The summed E-state index contributed by atoms with van der Waals surface area (Å²) < 4.78 is 5.58. The number of nitrogens with one attached hydrogen (secondary N) is 1. The number of carbonyl (C=O) groups is 1. The van der Waals surface area contributed by atoms with Gasteiger partial charge in [0.1, 0.15) is 5.75 Å². The molecule has 88 valence electrons. The fourth-order valence-corrected chi connectivity index (χ4v) is 1.43. The highest BCUT2D eigenvalue weighted by Gasteiger charge is 2.21. The molecule has 0 heterocycles. The van der Waals surface area contributed by atoms with Crippen LogP contribution >= 0.6 is 0 Å². The first-order valence-electron chi connectivity index (χ1n) is 5.74. The Morgan fingerprint density at radius 2 is 2.12 bits per heavy atom. The molecule has 3 nitrogen and oxygen atoms in total. The summed E-state index contributed by atoms with van der Waals surface area (Å²) >= 11 is 0. The lowest BCUT2D eigenvalue weighted by atomic mass is 10.2. The van der Waals surface area contributed by atoms with Crippen molar-refractivity contribution in [3.8, 4) is 18.1 Å². The zero-order chi connectivity index (χ0) is 12.1. The first-order valence-corrected chi connectivity index (χ1v) is 5.74. The maximum Gasteiger partial charge on any atom is 0.252 e. The Bertz CT molecular complexity index is 427. The molecule has 3 heteroatoms. The van der Waals surface area contributed by atoms with E-state index in [1.54, 1.807) is 12.1 Å². The van der Waals surface area contributed by atoms with Gasteiger partial charge >= 0.3 is 0 Å². The van der Waals surface area contributed by atoms with E-state index in [4.69, 9.17) is 11.2 Å². The molecule has 0 bridgehead atoms. The van der Waals surface area contributed by atoms with Gasteiger partial charge in [0.25, 0.3) is 5.91 Å². The van der Waals surface area contributed by atoms with Crippen molar-refractivity contribution in [3.05, 3.63) is 29.8 Å². The molecule has 0 spiro atoms. The first kappa shape index (κ1) is 11.5. The topological polar surface area (TPSA) is 38.3 Å². The van der Waals surface area contributed by atoms with Crippen LogP contribution < -0.4 is 10.1 Å². The average Bonchev–Trinajstić information content (AvgIpc) is 3.18. The van der Waals surface area contributed by atoms with Crippen molar-refractivity contribution in [1.29, 1.82) is 0 Å². The molecular weight excluding hydrogens is 214 g/mol. The standard InChI is InChI=1S/C14H15NO2/c1-2-9-15-14(16)12-5-7-13(8-6-12)17-10-11-3-4-11/h1,5-8,11H,3-4,9-10H2,(H,15,16). The Morgan fingerprint density at radius 1 is 1.41 bits per heavy atom. The van der Waals surface area contributed by atoms with Crippen molar-refractivity contribution in [1.82, 2.24) is 5.32 Å². The summed E-state index contributed by atoms with van der Waals surface area (Å²) in [5.41, 5.74) is 0.596. The molecule has 1 fully saturated rings. The summed E-state index contributed by atoms with van der Waals surface area (Å²) in [6.45, 7) is 1.03. The van der Waals surface area contributed by atoms with E-state index in [9.17, 15) is 4.79 Å². The van der Waals surface area contributed by atoms with Gasteiger partial charge in [-0.05, 0) is 43.0 Å². The molecule has 0 unspecified atom stereocenters. The van der Waals surface area contributed by atoms with Crippen molar-refractivity contribution < 1.29 is 9.53 Å².